The second-order valence-corrected chi connectivity index (χ2v) is 5.34. The van der Waals surface area contributed by atoms with E-state index in [1.165, 1.54) is 0 Å². The van der Waals surface area contributed by atoms with Crippen LogP contribution in [0.15, 0.2) is 42.6 Å². The number of carbonyl (C=O) groups excluding carboxylic acids is 1. The molecule has 0 fully saturated rings. The van der Waals surface area contributed by atoms with Crippen molar-refractivity contribution in [1.82, 2.24) is 10.2 Å². The highest BCUT2D eigenvalue weighted by molar-refractivity contribution is 6.14. The number of benzene rings is 2. The fraction of sp³-hybridized carbons (Fsp3) is 0.176. The van der Waals surface area contributed by atoms with Crippen LogP contribution in [0.2, 0.25) is 0 Å². The molecule has 110 valence electrons. The maximum absolute atomic E-state index is 12.9. The van der Waals surface area contributed by atoms with Gasteiger partial charge in [0, 0.05) is 17.6 Å². The van der Waals surface area contributed by atoms with Crippen LogP contribution in [0.25, 0.3) is 10.9 Å². The number of hydrogen-bond acceptors (Lipinski definition) is 3. The normalized spacial score (nSPS) is 13.4. The average molecular weight is 293 g/mol. The lowest BCUT2D eigenvalue weighted by atomic mass is 10.1. The van der Waals surface area contributed by atoms with Gasteiger partial charge in [0.25, 0.3) is 5.91 Å². The van der Waals surface area contributed by atoms with E-state index in [0.29, 0.717) is 12.1 Å². The van der Waals surface area contributed by atoms with Crippen molar-refractivity contribution in [2.45, 2.75) is 6.42 Å². The highest BCUT2D eigenvalue weighted by Crippen LogP contribution is 2.33. The van der Waals surface area contributed by atoms with E-state index in [4.69, 9.17) is 4.74 Å². The Labute approximate surface area is 127 Å². The summed E-state index contributed by atoms with van der Waals surface area (Å²) in [5.74, 6) is 0.834. The van der Waals surface area contributed by atoms with E-state index in [-0.39, 0.29) is 5.91 Å². The Hall–Kier alpha value is -2.82. The van der Waals surface area contributed by atoms with Crippen LogP contribution in [0, 0.1) is 0 Å². The van der Waals surface area contributed by atoms with Crippen LogP contribution >= 0.6 is 0 Å². The van der Waals surface area contributed by atoms with Gasteiger partial charge >= 0.3 is 0 Å². The van der Waals surface area contributed by atoms with E-state index >= 15 is 0 Å². The lowest BCUT2D eigenvalue weighted by Gasteiger charge is -2.18. The molecule has 1 amide bonds. The molecule has 5 nitrogen and oxygen atoms in total. The Morgan fingerprint density at radius 2 is 2.23 bits per heavy atom. The van der Waals surface area contributed by atoms with Gasteiger partial charge in [-0.3, -0.25) is 9.89 Å². The number of ether oxygens (including phenoxy) is 1. The zero-order valence-electron chi connectivity index (χ0n) is 12.2. The third-order valence-electron chi connectivity index (χ3n) is 4.14. The van der Waals surface area contributed by atoms with Crippen molar-refractivity contribution in [2.75, 3.05) is 18.6 Å². The quantitative estimate of drug-likeness (QED) is 0.790. The topological polar surface area (TPSA) is 58.2 Å². The number of anilines is 1. The standard InChI is InChI=1S/C17H15N3O2/c1-22-12-5-6-16-11(9-12)7-8-20(16)17(21)13-3-2-4-15-14(13)10-18-19-15/h2-6,9-10H,7-8H2,1H3,(H,18,19). The second-order valence-electron chi connectivity index (χ2n) is 5.34. The van der Waals surface area contributed by atoms with Gasteiger partial charge in [-0.1, -0.05) is 6.07 Å². The van der Waals surface area contributed by atoms with Crippen LogP contribution in [0.4, 0.5) is 5.69 Å². The number of nitrogens with one attached hydrogen (secondary N) is 1. The predicted octanol–water partition coefficient (Wildman–Crippen LogP) is 2.77. The molecule has 3 aromatic rings. The van der Waals surface area contributed by atoms with Gasteiger partial charge in [-0.15, -0.1) is 0 Å². The summed E-state index contributed by atoms with van der Waals surface area (Å²) >= 11 is 0. The minimum Gasteiger partial charge on any atom is -0.497 e. The number of aromatic amines is 1. The molecule has 1 N–H and O–H groups in total. The molecule has 1 aromatic heterocycles. The minimum absolute atomic E-state index is 0.0101. The molecule has 0 saturated carbocycles. The number of amides is 1. The third kappa shape index (κ3) is 1.86. The Bertz CT molecular complexity index is 869. The van der Waals surface area contributed by atoms with Crippen molar-refractivity contribution in [1.29, 1.82) is 0 Å². The van der Waals surface area contributed by atoms with E-state index in [9.17, 15) is 4.79 Å². The molecule has 1 aliphatic heterocycles. The Kier molecular flexibility index (Phi) is 2.85. The van der Waals surface area contributed by atoms with Crippen molar-refractivity contribution in [3.63, 3.8) is 0 Å². The van der Waals surface area contributed by atoms with Gasteiger partial charge < -0.3 is 9.64 Å². The van der Waals surface area contributed by atoms with Crippen molar-refractivity contribution < 1.29 is 9.53 Å². The summed E-state index contributed by atoms with van der Waals surface area (Å²) in [6.07, 6.45) is 2.55. The van der Waals surface area contributed by atoms with Crippen LogP contribution in [0.3, 0.4) is 0 Å². The molecule has 0 spiro atoms. The first-order chi connectivity index (χ1) is 10.8. The van der Waals surface area contributed by atoms with Crippen LogP contribution in [0.1, 0.15) is 15.9 Å². The van der Waals surface area contributed by atoms with Crippen molar-refractivity contribution in [2.24, 2.45) is 0 Å². The predicted molar refractivity (Wildman–Crippen MR) is 84.5 cm³/mol. The lowest BCUT2D eigenvalue weighted by Crippen LogP contribution is -2.28. The second kappa shape index (κ2) is 4.87. The highest BCUT2D eigenvalue weighted by atomic mass is 16.5. The Balaban J connectivity index is 1.75. The minimum atomic E-state index is 0.0101. The molecular formula is C17H15N3O2. The van der Waals surface area contributed by atoms with Crippen LogP contribution in [-0.4, -0.2) is 29.8 Å². The van der Waals surface area contributed by atoms with Gasteiger partial charge in [0.05, 0.1) is 24.4 Å². The molecule has 0 radical (unpaired) electrons. The molecule has 0 aliphatic carbocycles. The molecule has 1 aliphatic rings. The van der Waals surface area contributed by atoms with Gasteiger partial charge in [0.15, 0.2) is 0 Å². The Morgan fingerprint density at radius 1 is 1.32 bits per heavy atom. The lowest BCUT2D eigenvalue weighted by molar-refractivity contribution is 0.0991. The van der Waals surface area contributed by atoms with Gasteiger partial charge in [-0.2, -0.15) is 5.10 Å². The molecule has 0 atom stereocenters. The number of nitrogens with zero attached hydrogens (tertiary/aromatic N) is 2. The molecule has 22 heavy (non-hydrogen) atoms. The summed E-state index contributed by atoms with van der Waals surface area (Å²) in [5, 5.41) is 7.78. The maximum atomic E-state index is 12.9. The monoisotopic (exact) mass is 293 g/mol. The van der Waals surface area contributed by atoms with E-state index in [1.54, 1.807) is 13.3 Å². The smallest absolute Gasteiger partial charge is 0.259 e. The molecule has 2 heterocycles. The first-order valence-electron chi connectivity index (χ1n) is 7.19. The molecule has 5 heteroatoms. The number of fused-ring (bicyclic) bond motifs is 2. The molecular weight excluding hydrogens is 278 g/mol. The van der Waals surface area contributed by atoms with E-state index in [2.05, 4.69) is 10.2 Å². The number of aromatic nitrogens is 2. The van der Waals surface area contributed by atoms with Gasteiger partial charge in [0.2, 0.25) is 0 Å². The molecule has 0 bridgehead atoms. The van der Waals surface area contributed by atoms with Crippen LogP contribution in [-0.2, 0) is 6.42 Å². The van der Waals surface area contributed by atoms with Crippen molar-refractivity contribution >= 4 is 22.5 Å². The number of carbonyl (C=O) groups is 1. The summed E-state index contributed by atoms with van der Waals surface area (Å²) in [6, 6.07) is 11.5. The number of hydrogen-bond donors (Lipinski definition) is 1. The van der Waals surface area contributed by atoms with E-state index in [1.807, 2.05) is 41.3 Å². The zero-order chi connectivity index (χ0) is 15.1. The Morgan fingerprint density at radius 3 is 3.09 bits per heavy atom. The summed E-state index contributed by atoms with van der Waals surface area (Å²) in [6.45, 7) is 0.690. The van der Waals surface area contributed by atoms with Crippen molar-refractivity contribution in [3.05, 3.63) is 53.7 Å². The van der Waals surface area contributed by atoms with E-state index < -0.39 is 0 Å². The van der Waals surface area contributed by atoms with Gasteiger partial charge in [0.1, 0.15) is 5.75 Å². The van der Waals surface area contributed by atoms with Crippen LogP contribution in [0.5, 0.6) is 5.75 Å². The molecule has 4 rings (SSSR count). The first-order valence-corrected chi connectivity index (χ1v) is 7.19. The zero-order valence-corrected chi connectivity index (χ0v) is 12.2. The maximum Gasteiger partial charge on any atom is 0.259 e. The third-order valence-corrected chi connectivity index (χ3v) is 4.14. The van der Waals surface area contributed by atoms with Gasteiger partial charge in [-0.25, -0.2) is 0 Å². The SMILES string of the molecule is COc1ccc2c(c1)CCN2C(=O)c1cccc2[nH]ncc12. The van der Waals surface area contributed by atoms with Crippen LogP contribution < -0.4 is 9.64 Å². The van der Waals surface area contributed by atoms with Gasteiger partial charge in [-0.05, 0) is 42.3 Å². The number of methoxy groups -OCH3 is 1. The molecule has 2 aromatic carbocycles. The average Bonchev–Trinajstić information content (AvgIpc) is 3.19. The summed E-state index contributed by atoms with van der Waals surface area (Å²) in [4.78, 5) is 14.8. The summed E-state index contributed by atoms with van der Waals surface area (Å²) < 4.78 is 5.25. The molecule has 0 saturated heterocycles. The summed E-state index contributed by atoms with van der Waals surface area (Å²) in [5.41, 5.74) is 3.66. The number of rotatable bonds is 2. The van der Waals surface area contributed by atoms with E-state index in [0.717, 1.165) is 34.3 Å². The fourth-order valence-electron chi connectivity index (χ4n) is 3.02. The summed E-state index contributed by atoms with van der Waals surface area (Å²) in [7, 11) is 1.65. The fourth-order valence-corrected chi connectivity index (χ4v) is 3.02. The first kappa shape index (κ1) is 12.9. The highest BCUT2D eigenvalue weighted by Gasteiger charge is 2.27. The molecule has 0 unspecified atom stereocenters. The largest absolute Gasteiger partial charge is 0.497 e. The van der Waals surface area contributed by atoms with Crippen molar-refractivity contribution in [3.8, 4) is 5.75 Å². The number of H-pyrrole nitrogens is 1.